The molecule has 1 aromatic heterocycles. The molecule has 0 radical (unpaired) electrons. The second kappa shape index (κ2) is 5.07. The minimum Gasteiger partial charge on any atom is -0.310 e. The lowest BCUT2D eigenvalue weighted by Gasteiger charge is -2.08. The summed E-state index contributed by atoms with van der Waals surface area (Å²) in [5.41, 5.74) is 2.02. The highest BCUT2D eigenvalue weighted by Gasteiger charge is 2.03. The van der Waals surface area contributed by atoms with Gasteiger partial charge < -0.3 is 4.57 Å². The molecule has 88 valence electrons. The summed E-state index contributed by atoms with van der Waals surface area (Å²) in [7, 11) is 0. The van der Waals surface area contributed by atoms with E-state index in [1.807, 2.05) is 43.5 Å². The van der Waals surface area contributed by atoms with Crippen LogP contribution in [-0.4, -0.2) is 4.57 Å². The first-order valence-corrected chi connectivity index (χ1v) is 6.34. The average Bonchev–Trinajstić information content (AvgIpc) is 2.25. The van der Waals surface area contributed by atoms with Crippen molar-refractivity contribution in [3.05, 3.63) is 67.5 Å². The highest BCUT2D eigenvalue weighted by molar-refractivity contribution is 9.10. The Morgan fingerprint density at radius 1 is 1.35 bits per heavy atom. The first-order chi connectivity index (χ1) is 8.06. The van der Waals surface area contributed by atoms with E-state index in [0.29, 0.717) is 16.0 Å². The van der Waals surface area contributed by atoms with Crippen molar-refractivity contribution in [1.29, 1.82) is 0 Å². The quantitative estimate of drug-likeness (QED) is 0.830. The smallest absolute Gasteiger partial charge is 0.265 e. The van der Waals surface area contributed by atoms with E-state index in [4.69, 9.17) is 11.6 Å². The van der Waals surface area contributed by atoms with Crippen LogP contribution in [0.2, 0.25) is 5.02 Å². The van der Waals surface area contributed by atoms with Gasteiger partial charge in [0.2, 0.25) is 0 Å². The summed E-state index contributed by atoms with van der Waals surface area (Å²) in [6, 6.07) is 9.34. The van der Waals surface area contributed by atoms with Crippen molar-refractivity contribution < 1.29 is 0 Å². The first-order valence-electron chi connectivity index (χ1n) is 5.17. The molecule has 0 atom stereocenters. The largest absolute Gasteiger partial charge is 0.310 e. The summed E-state index contributed by atoms with van der Waals surface area (Å²) in [5, 5.41) is 0.683. The molecule has 2 rings (SSSR count). The Kier molecular flexibility index (Phi) is 3.69. The number of aryl methyl sites for hydroxylation is 1. The molecule has 1 heterocycles. The number of halogens is 2. The Balaban J connectivity index is 2.40. The summed E-state index contributed by atoms with van der Waals surface area (Å²) < 4.78 is 2.25. The second-order valence-corrected chi connectivity index (χ2v) is 5.22. The predicted octanol–water partition coefficient (Wildman–Crippen LogP) is 3.62. The molecule has 2 aromatic rings. The van der Waals surface area contributed by atoms with E-state index in [2.05, 4.69) is 15.9 Å². The molecule has 0 saturated heterocycles. The number of aromatic nitrogens is 1. The van der Waals surface area contributed by atoms with Gasteiger partial charge in [-0.3, -0.25) is 4.79 Å². The highest BCUT2D eigenvalue weighted by Crippen LogP contribution is 2.12. The van der Waals surface area contributed by atoms with Crippen molar-refractivity contribution in [2.24, 2.45) is 0 Å². The molecule has 1 aromatic carbocycles. The molecular weight excluding hydrogens is 302 g/mol. The van der Waals surface area contributed by atoms with Crippen LogP contribution < -0.4 is 5.56 Å². The fraction of sp³-hybridized carbons (Fsp3) is 0.154. The average molecular weight is 313 g/mol. The van der Waals surface area contributed by atoms with Crippen LogP contribution in [0.15, 0.2) is 45.8 Å². The Labute approximate surface area is 113 Å². The van der Waals surface area contributed by atoms with Gasteiger partial charge in [0.05, 0.1) is 11.0 Å². The Morgan fingerprint density at radius 2 is 2.12 bits per heavy atom. The van der Waals surface area contributed by atoms with Crippen molar-refractivity contribution in [2.45, 2.75) is 13.5 Å². The molecule has 17 heavy (non-hydrogen) atoms. The lowest BCUT2D eigenvalue weighted by atomic mass is 10.2. The molecule has 0 spiro atoms. The zero-order valence-electron chi connectivity index (χ0n) is 9.28. The van der Waals surface area contributed by atoms with Crippen LogP contribution >= 0.6 is 27.5 Å². The molecule has 0 fully saturated rings. The third kappa shape index (κ3) is 2.99. The third-order valence-electron chi connectivity index (χ3n) is 2.42. The monoisotopic (exact) mass is 311 g/mol. The number of hydrogen-bond acceptors (Lipinski definition) is 1. The molecule has 0 amide bonds. The van der Waals surface area contributed by atoms with Crippen molar-refractivity contribution >= 4 is 27.5 Å². The van der Waals surface area contributed by atoms with Gasteiger partial charge in [-0.2, -0.15) is 0 Å². The predicted molar refractivity (Wildman–Crippen MR) is 73.7 cm³/mol. The van der Waals surface area contributed by atoms with Gasteiger partial charge in [0.1, 0.15) is 0 Å². The van der Waals surface area contributed by atoms with E-state index < -0.39 is 0 Å². The number of benzene rings is 1. The van der Waals surface area contributed by atoms with Crippen LogP contribution in [0.3, 0.4) is 0 Å². The second-order valence-electron chi connectivity index (χ2n) is 3.93. The van der Waals surface area contributed by atoms with E-state index >= 15 is 0 Å². The van der Waals surface area contributed by atoms with Gasteiger partial charge in [0.25, 0.3) is 5.56 Å². The van der Waals surface area contributed by atoms with E-state index in [1.165, 1.54) is 0 Å². The van der Waals surface area contributed by atoms with Crippen LogP contribution in [0.5, 0.6) is 0 Å². The summed E-state index contributed by atoms with van der Waals surface area (Å²) in [4.78, 5) is 11.9. The van der Waals surface area contributed by atoms with Crippen molar-refractivity contribution in [3.8, 4) is 0 Å². The van der Waals surface area contributed by atoms with E-state index in [1.54, 1.807) is 4.57 Å². The number of hydrogen-bond donors (Lipinski definition) is 0. The zero-order valence-corrected chi connectivity index (χ0v) is 11.6. The first kappa shape index (κ1) is 12.4. The normalized spacial score (nSPS) is 10.5. The van der Waals surface area contributed by atoms with Gasteiger partial charge in [-0.05, 0) is 52.2 Å². The van der Waals surface area contributed by atoms with Crippen molar-refractivity contribution in [1.82, 2.24) is 4.57 Å². The zero-order chi connectivity index (χ0) is 12.4. The van der Waals surface area contributed by atoms with Gasteiger partial charge in [-0.1, -0.05) is 23.7 Å². The molecule has 0 aliphatic carbocycles. The van der Waals surface area contributed by atoms with Crippen LogP contribution in [0.4, 0.5) is 0 Å². The van der Waals surface area contributed by atoms with Crippen LogP contribution in [-0.2, 0) is 6.54 Å². The van der Waals surface area contributed by atoms with Gasteiger partial charge in [0.15, 0.2) is 0 Å². The Hall–Kier alpha value is -1.06. The number of nitrogens with zero attached hydrogens (tertiary/aromatic N) is 1. The van der Waals surface area contributed by atoms with Crippen LogP contribution in [0.1, 0.15) is 11.1 Å². The van der Waals surface area contributed by atoms with Gasteiger partial charge in [-0.15, -0.1) is 0 Å². The Morgan fingerprint density at radius 3 is 2.82 bits per heavy atom. The molecule has 0 aliphatic rings. The summed E-state index contributed by atoms with van der Waals surface area (Å²) in [6.07, 6.45) is 1.84. The van der Waals surface area contributed by atoms with Gasteiger partial charge in [0, 0.05) is 11.2 Å². The van der Waals surface area contributed by atoms with E-state index in [9.17, 15) is 4.79 Å². The SMILES string of the molecule is Cc1cc(Br)c(=O)n(Cc2cccc(Cl)c2)c1. The van der Waals surface area contributed by atoms with Crippen LogP contribution in [0.25, 0.3) is 0 Å². The van der Waals surface area contributed by atoms with Gasteiger partial charge >= 0.3 is 0 Å². The molecule has 2 nitrogen and oxygen atoms in total. The third-order valence-corrected chi connectivity index (χ3v) is 3.22. The fourth-order valence-corrected chi connectivity index (χ4v) is 2.49. The lowest BCUT2D eigenvalue weighted by molar-refractivity contribution is 0.750. The maximum absolute atomic E-state index is 11.9. The fourth-order valence-electron chi connectivity index (χ4n) is 1.69. The molecule has 0 N–H and O–H groups in total. The summed E-state index contributed by atoms with van der Waals surface area (Å²) in [6.45, 7) is 2.48. The molecular formula is C13H11BrClNO. The summed E-state index contributed by atoms with van der Waals surface area (Å²) >= 11 is 9.18. The molecule has 0 saturated carbocycles. The molecule has 0 bridgehead atoms. The molecule has 4 heteroatoms. The Bertz CT molecular complexity index is 607. The van der Waals surface area contributed by atoms with Crippen molar-refractivity contribution in [3.63, 3.8) is 0 Å². The maximum Gasteiger partial charge on any atom is 0.265 e. The summed E-state index contributed by atoms with van der Waals surface area (Å²) in [5.74, 6) is 0. The molecule has 0 aliphatic heterocycles. The highest BCUT2D eigenvalue weighted by atomic mass is 79.9. The molecule has 0 unspecified atom stereocenters. The standard InChI is InChI=1S/C13H11BrClNO/c1-9-5-12(14)13(17)16(7-9)8-10-3-2-4-11(15)6-10/h2-7H,8H2,1H3. The minimum absolute atomic E-state index is 0.0319. The topological polar surface area (TPSA) is 22.0 Å². The maximum atomic E-state index is 11.9. The lowest BCUT2D eigenvalue weighted by Crippen LogP contribution is -2.21. The van der Waals surface area contributed by atoms with Crippen LogP contribution in [0, 0.1) is 6.92 Å². The van der Waals surface area contributed by atoms with E-state index in [-0.39, 0.29) is 5.56 Å². The van der Waals surface area contributed by atoms with Crippen molar-refractivity contribution in [2.75, 3.05) is 0 Å². The number of pyridine rings is 1. The van der Waals surface area contributed by atoms with Gasteiger partial charge in [-0.25, -0.2) is 0 Å². The number of rotatable bonds is 2. The minimum atomic E-state index is -0.0319. The van der Waals surface area contributed by atoms with E-state index in [0.717, 1.165) is 11.1 Å².